The van der Waals surface area contributed by atoms with Crippen LogP contribution in [0.1, 0.15) is 45.4 Å². The summed E-state index contributed by atoms with van der Waals surface area (Å²) in [5.74, 6) is 0.152. The molecule has 0 aliphatic heterocycles. The van der Waals surface area contributed by atoms with Crippen LogP contribution in [-0.4, -0.2) is 22.4 Å². The molecule has 1 rings (SSSR count). The summed E-state index contributed by atoms with van der Waals surface area (Å²) in [6, 6.07) is 0. The Morgan fingerprint density at radius 2 is 2.00 bits per heavy atom. The molecule has 72 valence electrons. The van der Waals surface area contributed by atoms with E-state index in [1.165, 1.54) is 6.42 Å². The summed E-state index contributed by atoms with van der Waals surface area (Å²) >= 11 is 0. The molecule has 1 saturated carbocycles. The maximum atomic E-state index is 9.68. The molecular formula is C10H20O2. The lowest BCUT2D eigenvalue weighted by molar-refractivity contribution is -0.0156. The summed E-state index contributed by atoms with van der Waals surface area (Å²) in [7, 11) is 0. The fraction of sp³-hybridized carbons (Fsp3) is 1.00. The highest BCUT2D eigenvalue weighted by atomic mass is 16.3. The topological polar surface area (TPSA) is 40.5 Å². The highest BCUT2D eigenvalue weighted by molar-refractivity contribution is 4.79. The zero-order valence-electron chi connectivity index (χ0n) is 7.87. The summed E-state index contributed by atoms with van der Waals surface area (Å²) in [4.78, 5) is 0. The van der Waals surface area contributed by atoms with Crippen LogP contribution in [0.3, 0.4) is 0 Å². The van der Waals surface area contributed by atoms with Crippen LogP contribution in [0, 0.1) is 5.92 Å². The average molecular weight is 172 g/mol. The molecule has 0 aromatic carbocycles. The van der Waals surface area contributed by atoms with Gasteiger partial charge in [0.05, 0.1) is 12.2 Å². The van der Waals surface area contributed by atoms with E-state index in [0.717, 1.165) is 32.1 Å². The SMILES string of the molecule is CCC[C@@H](O)[C@H]1CCCC[C@@H]1O. The van der Waals surface area contributed by atoms with Crippen molar-refractivity contribution in [1.82, 2.24) is 0 Å². The Morgan fingerprint density at radius 3 is 2.58 bits per heavy atom. The third-order valence-corrected chi connectivity index (χ3v) is 2.86. The zero-order chi connectivity index (χ0) is 8.97. The van der Waals surface area contributed by atoms with Crippen molar-refractivity contribution in [3.63, 3.8) is 0 Å². The first-order chi connectivity index (χ1) is 5.75. The fourth-order valence-corrected chi connectivity index (χ4v) is 2.10. The lowest BCUT2D eigenvalue weighted by Crippen LogP contribution is -2.34. The van der Waals surface area contributed by atoms with Gasteiger partial charge in [0, 0.05) is 5.92 Å². The molecule has 0 bridgehead atoms. The molecule has 0 aromatic rings. The van der Waals surface area contributed by atoms with Crippen LogP contribution < -0.4 is 0 Å². The second-order valence-corrected chi connectivity index (χ2v) is 3.87. The van der Waals surface area contributed by atoms with Gasteiger partial charge in [-0.1, -0.05) is 26.2 Å². The first-order valence-electron chi connectivity index (χ1n) is 5.11. The van der Waals surface area contributed by atoms with Gasteiger partial charge in [-0.2, -0.15) is 0 Å². The Labute approximate surface area is 74.6 Å². The van der Waals surface area contributed by atoms with Crippen molar-refractivity contribution in [3.8, 4) is 0 Å². The molecule has 0 heterocycles. The van der Waals surface area contributed by atoms with Crippen molar-refractivity contribution < 1.29 is 10.2 Å². The monoisotopic (exact) mass is 172 g/mol. The molecule has 0 unspecified atom stereocenters. The highest BCUT2D eigenvalue weighted by Crippen LogP contribution is 2.28. The molecule has 2 nitrogen and oxygen atoms in total. The van der Waals surface area contributed by atoms with E-state index >= 15 is 0 Å². The van der Waals surface area contributed by atoms with E-state index in [0.29, 0.717) is 0 Å². The summed E-state index contributed by atoms with van der Waals surface area (Å²) in [5.41, 5.74) is 0. The highest BCUT2D eigenvalue weighted by Gasteiger charge is 2.28. The van der Waals surface area contributed by atoms with Gasteiger partial charge in [0.15, 0.2) is 0 Å². The van der Waals surface area contributed by atoms with Crippen LogP contribution >= 0.6 is 0 Å². The van der Waals surface area contributed by atoms with Gasteiger partial charge in [-0.05, 0) is 19.3 Å². The van der Waals surface area contributed by atoms with Crippen LogP contribution in [0.15, 0.2) is 0 Å². The summed E-state index contributed by atoms with van der Waals surface area (Å²) in [6.07, 6.45) is 5.49. The van der Waals surface area contributed by atoms with Crippen LogP contribution in [0.5, 0.6) is 0 Å². The Bertz CT molecular complexity index is 125. The molecule has 0 spiro atoms. The fourth-order valence-electron chi connectivity index (χ4n) is 2.10. The van der Waals surface area contributed by atoms with Crippen molar-refractivity contribution >= 4 is 0 Å². The predicted octanol–water partition coefficient (Wildman–Crippen LogP) is 1.70. The Hall–Kier alpha value is -0.0800. The maximum Gasteiger partial charge on any atom is 0.0593 e. The number of hydrogen-bond donors (Lipinski definition) is 2. The van der Waals surface area contributed by atoms with E-state index in [1.54, 1.807) is 0 Å². The quantitative estimate of drug-likeness (QED) is 0.680. The molecule has 1 aliphatic rings. The van der Waals surface area contributed by atoms with Gasteiger partial charge in [0.2, 0.25) is 0 Å². The van der Waals surface area contributed by atoms with Gasteiger partial charge in [0.1, 0.15) is 0 Å². The zero-order valence-corrected chi connectivity index (χ0v) is 7.87. The number of rotatable bonds is 3. The standard InChI is InChI=1S/C10H20O2/c1-2-5-9(11)8-6-3-4-7-10(8)12/h8-12H,2-7H2,1H3/t8-,9-,10+/m1/s1. The summed E-state index contributed by atoms with van der Waals surface area (Å²) in [6.45, 7) is 2.07. The van der Waals surface area contributed by atoms with E-state index in [9.17, 15) is 10.2 Å². The van der Waals surface area contributed by atoms with Crippen molar-refractivity contribution in [1.29, 1.82) is 0 Å². The van der Waals surface area contributed by atoms with Crippen molar-refractivity contribution in [2.45, 2.75) is 57.7 Å². The van der Waals surface area contributed by atoms with E-state index < -0.39 is 0 Å². The first kappa shape index (κ1) is 10.0. The Morgan fingerprint density at radius 1 is 1.33 bits per heavy atom. The second kappa shape index (κ2) is 4.83. The van der Waals surface area contributed by atoms with Gasteiger partial charge < -0.3 is 10.2 Å². The van der Waals surface area contributed by atoms with Gasteiger partial charge in [-0.25, -0.2) is 0 Å². The number of aliphatic hydroxyl groups is 2. The van der Waals surface area contributed by atoms with Crippen molar-refractivity contribution in [3.05, 3.63) is 0 Å². The van der Waals surface area contributed by atoms with Gasteiger partial charge >= 0.3 is 0 Å². The van der Waals surface area contributed by atoms with Crippen LogP contribution in [0.4, 0.5) is 0 Å². The summed E-state index contributed by atoms with van der Waals surface area (Å²) in [5, 5.41) is 19.3. The van der Waals surface area contributed by atoms with Gasteiger partial charge in [0.25, 0.3) is 0 Å². The van der Waals surface area contributed by atoms with Crippen LogP contribution in [-0.2, 0) is 0 Å². The minimum Gasteiger partial charge on any atom is -0.393 e. The van der Waals surface area contributed by atoms with E-state index in [4.69, 9.17) is 0 Å². The molecule has 0 amide bonds. The van der Waals surface area contributed by atoms with Gasteiger partial charge in [-0.3, -0.25) is 0 Å². The van der Waals surface area contributed by atoms with Crippen molar-refractivity contribution in [2.24, 2.45) is 5.92 Å². The minimum atomic E-state index is -0.273. The molecule has 0 saturated heterocycles. The average Bonchev–Trinajstić information content (AvgIpc) is 2.05. The molecule has 2 N–H and O–H groups in total. The second-order valence-electron chi connectivity index (χ2n) is 3.87. The molecule has 2 heteroatoms. The molecule has 0 aromatic heterocycles. The molecule has 12 heavy (non-hydrogen) atoms. The Kier molecular flexibility index (Phi) is 4.02. The smallest absolute Gasteiger partial charge is 0.0593 e. The normalized spacial score (nSPS) is 33.2. The van der Waals surface area contributed by atoms with Gasteiger partial charge in [-0.15, -0.1) is 0 Å². The van der Waals surface area contributed by atoms with Crippen LogP contribution in [0.2, 0.25) is 0 Å². The summed E-state index contributed by atoms with van der Waals surface area (Å²) < 4.78 is 0. The van der Waals surface area contributed by atoms with Crippen LogP contribution in [0.25, 0.3) is 0 Å². The number of aliphatic hydroxyl groups excluding tert-OH is 2. The lowest BCUT2D eigenvalue weighted by atomic mass is 9.81. The lowest BCUT2D eigenvalue weighted by Gasteiger charge is -2.31. The molecule has 3 atom stereocenters. The predicted molar refractivity (Wildman–Crippen MR) is 48.9 cm³/mol. The molecule has 1 fully saturated rings. The molecular weight excluding hydrogens is 152 g/mol. The largest absolute Gasteiger partial charge is 0.393 e. The van der Waals surface area contributed by atoms with E-state index in [-0.39, 0.29) is 18.1 Å². The molecule has 0 radical (unpaired) electrons. The number of hydrogen-bond acceptors (Lipinski definition) is 2. The maximum absolute atomic E-state index is 9.68. The van der Waals surface area contributed by atoms with Crippen molar-refractivity contribution in [2.75, 3.05) is 0 Å². The Balaban J connectivity index is 2.36. The minimum absolute atomic E-state index is 0.152. The third-order valence-electron chi connectivity index (χ3n) is 2.86. The van der Waals surface area contributed by atoms with E-state index in [2.05, 4.69) is 6.92 Å². The third kappa shape index (κ3) is 2.46. The molecule has 1 aliphatic carbocycles. The van der Waals surface area contributed by atoms with E-state index in [1.807, 2.05) is 0 Å². The first-order valence-corrected chi connectivity index (χ1v) is 5.11.